The number of aromatic nitrogens is 4. The number of amides is 1. The Hall–Kier alpha value is -3.09. The molecule has 2 heterocycles. The van der Waals surface area contributed by atoms with Gasteiger partial charge in [-0.2, -0.15) is 10.2 Å². The highest BCUT2D eigenvalue weighted by molar-refractivity contribution is 5.93. The van der Waals surface area contributed by atoms with Crippen molar-refractivity contribution in [2.24, 2.45) is 7.05 Å². The van der Waals surface area contributed by atoms with E-state index in [9.17, 15) is 4.79 Å². The van der Waals surface area contributed by atoms with E-state index in [1.165, 1.54) is 5.56 Å². The van der Waals surface area contributed by atoms with E-state index >= 15 is 0 Å². The molecule has 2 N–H and O–H groups in total. The van der Waals surface area contributed by atoms with E-state index in [0.717, 1.165) is 41.2 Å². The molecule has 3 rings (SSSR count). The van der Waals surface area contributed by atoms with Gasteiger partial charge in [-0.05, 0) is 51.8 Å². The fraction of sp³-hybridized carbons (Fsp3) is 0.381. The molecule has 0 saturated carbocycles. The van der Waals surface area contributed by atoms with Crippen LogP contribution in [0.1, 0.15) is 40.3 Å². The van der Waals surface area contributed by atoms with E-state index in [2.05, 4.69) is 20.6 Å². The Labute approximate surface area is 165 Å². The minimum absolute atomic E-state index is 0.155. The molecule has 0 bridgehead atoms. The molecular formula is C21H27N5O2. The molecule has 28 heavy (non-hydrogen) atoms. The summed E-state index contributed by atoms with van der Waals surface area (Å²) in [4.78, 5) is 12.3. The van der Waals surface area contributed by atoms with Gasteiger partial charge in [0.15, 0.2) is 0 Å². The van der Waals surface area contributed by atoms with Crippen molar-refractivity contribution in [2.75, 3.05) is 13.2 Å². The van der Waals surface area contributed by atoms with Crippen LogP contribution in [0.25, 0.3) is 11.3 Å². The highest BCUT2D eigenvalue weighted by Gasteiger charge is 2.16. The van der Waals surface area contributed by atoms with Gasteiger partial charge in [0.05, 0.1) is 18.0 Å². The second-order valence-electron chi connectivity index (χ2n) is 6.96. The number of H-pyrrole nitrogens is 1. The summed E-state index contributed by atoms with van der Waals surface area (Å²) in [6.45, 7) is 7.20. The molecule has 3 aromatic rings. The van der Waals surface area contributed by atoms with Gasteiger partial charge in [-0.3, -0.25) is 14.6 Å². The van der Waals surface area contributed by atoms with Gasteiger partial charge in [0.2, 0.25) is 0 Å². The Morgan fingerprint density at radius 3 is 2.61 bits per heavy atom. The molecule has 148 valence electrons. The van der Waals surface area contributed by atoms with Gasteiger partial charge >= 0.3 is 0 Å². The minimum atomic E-state index is -0.155. The monoisotopic (exact) mass is 381 g/mol. The Balaban J connectivity index is 1.43. The topological polar surface area (TPSA) is 84.8 Å². The lowest BCUT2D eigenvalue weighted by Crippen LogP contribution is -2.25. The van der Waals surface area contributed by atoms with E-state index < -0.39 is 0 Å². The van der Waals surface area contributed by atoms with E-state index in [4.69, 9.17) is 4.74 Å². The van der Waals surface area contributed by atoms with E-state index in [-0.39, 0.29) is 5.91 Å². The van der Waals surface area contributed by atoms with Crippen LogP contribution in [0.3, 0.4) is 0 Å². The van der Waals surface area contributed by atoms with Gasteiger partial charge in [0, 0.05) is 24.8 Å². The summed E-state index contributed by atoms with van der Waals surface area (Å²) < 4.78 is 7.51. The lowest BCUT2D eigenvalue weighted by molar-refractivity contribution is 0.0947. The van der Waals surface area contributed by atoms with Crippen molar-refractivity contribution in [1.82, 2.24) is 25.3 Å². The number of hydrogen-bond donors (Lipinski definition) is 2. The number of ether oxygens (including phenoxy) is 1. The first-order chi connectivity index (χ1) is 13.5. The van der Waals surface area contributed by atoms with E-state index in [1.807, 2.05) is 56.8 Å². The second-order valence-corrected chi connectivity index (χ2v) is 6.96. The molecule has 0 radical (unpaired) electrons. The predicted molar refractivity (Wildman–Crippen MR) is 109 cm³/mol. The maximum absolute atomic E-state index is 12.3. The molecule has 0 fully saturated rings. The number of nitrogens with zero attached hydrogens (tertiary/aromatic N) is 3. The largest absolute Gasteiger partial charge is 0.494 e. The molecule has 0 atom stereocenters. The van der Waals surface area contributed by atoms with Crippen LogP contribution in [0, 0.1) is 20.8 Å². The summed E-state index contributed by atoms with van der Waals surface area (Å²) in [5.74, 6) is 0.720. The standard InChI is InChI=1S/C21H27N5O2/c1-14-7-9-17(10-8-14)28-12-6-5-11-22-21(27)19-13-18(23-24-19)20-15(2)25-26(4)16(20)3/h7-10,13H,5-6,11-12H2,1-4H3,(H,22,27)(H,23,24). The predicted octanol–water partition coefficient (Wildman–Crippen LogP) is 3.32. The maximum Gasteiger partial charge on any atom is 0.269 e. The van der Waals surface area contributed by atoms with Crippen LogP contribution in [0.5, 0.6) is 5.75 Å². The molecule has 0 aliphatic rings. The number of carbonyl (C=O) groups excluding carboxylic acids is 1. The number of aryl methyl sites for hydroxylation is 3. The Kier molecular flexibility index (Phi) is 6.13. The quantitative estimate of drug-likeness (QED) is 0.586. The normalized spacial score (nSPS) is 10.9. The van der Waals surface area contributed by atoms with Crippen molar-refractivity contribution >= 4 is 5.91 Å². The smallest absolute Gasteiger partial charge is 0.269 e. The zero-order chi connectivity index (χ0) is 20.1. The summed E-state index contributed by atoms with van der Waals surface area (Å²) in [5, 5.41) is 14.4. The van der Waals surface area contributed by atoms with Crippen LogP contribution in [0.4, 0.5) is 0 Å². The van der Waals surface area contributed by atoms with Gasteiger partial charge in [-0.15, -0.1) is 0 Å². The molecule has 0 saturated heterocycles. The average Bonchev–Trinajstić information content (AvgIpc) is 3.24. The van der Waals surface area contributed by atoms with Gasteiger partial charge < -0.3 is 10.1 Å². The second kappa shape index (κ2) is 8.73. The Morgan fingerprint density at radius 1 is 1.18 bits per heavy atom. The zero-order valence-electron chi connectivity index (χ0n) is 16.9. The summed E-state index contributed by atoms with van der Waals surface area (Å²) in [6, 6.07) is 9.77. The molecule has 1 amide bonds. The van der Waals surface area contributed by atoms with Crippen LogP contribution in [-0.2, 0) is 7.05 Å². The van der Waals surface area contributed by atoms with E-state index in [1.54, 1.807) is 6.07 Å². The first kappa shape index (κ1) is 19.7. The molecule has 0 spiro atoms. The third-order valence-electron chi connectivity index (χ3n) is 4.73. The fourth-order valence-electron chi connectivity index (χ4n) is 3.06. The highest BCUT2D eigenvalue weighted by atomic mass is 16.5. The Morgan fingerprint density at radius 2 is 1.93 bits per heavy atom. The summed E-state index contributed by atoms with van der Waals surface area (Å²) >= 11 is 0. The van der Waals surface area contributed by atoms with Crippen LogP contribution < -0.4 is 10.1 Å². The third-order valence-corrected chi connectivity index (χ3v) is 4.73. The molecule has 0 aliphatic carbocycles. The number of hydrogen-bond acceptors (Lipinski definition) is 4. The fourth-order valence-corrected chi connectivity index (χ4v) is 3.06. The van der Waals surface area contributed by atoms with Gasteiger partial charge in [-0.25, -0.2) is 0 Å². The average molecular weight is 381 g/mol. The van der Waals surface area contributed by atoms with E-state index in [0.29, 0.717) is 18.8 Å². The number of carbonyl (C=O) groups is 1. The van der Waals surface area contributed by atoms with Crippen molar-refractivity contribution in [3.05, 3.63) is 53.0 Å². The molecule has 0 unspecified atom stereocenters. The number of rotatable bonds is 8. The molecule has 1 aromatic carbocycles. The van der Waals surface area contributed by atoms with Gasteiger partial charge in [-0.1, -0.05) is 17.7 Å². The number of benzene rings is 1. The lowest BCUT2D eigenvalue weighted by atomic mass is 10.1. The molecule has 2 aromatic heterocycles. The van der Waals surface area contributed by atoms with Crippen LogP contribution >= 0.6 is 0 Å². The van der Waals surface area contributed by atoms with Gasteiger partial charge in [0.25, 0.3) is 5.91 Å². The lowest BCUT2D eigenvalue weighted by Gasteiger charge is -2.07. The zero-order valence-corrected chi connectivity index (χ0v) is 16.9. The van der Waals surface area contributed by atoms with Crippen LogP contribution in [0.15, 0.2) is 30.3 Å². The summed E-state index contributed by atoms with van der Waals surface area (Å²) in [6.07, 6.45) is 1.72. The van der Waals surface area contributed by atoms with Crippen LogP contribution in [-0.4, -0.2) is 39.0 Å². The number of aromatic amines is 1. The van der Waals surface area contributed by atoms with Crippen molar-refractivity contribution < 1.29 is 9.53 Å². The summed E-state index contributed by atoms with van der Waals surface area (Å²) in [5.41, 5.74) is 5.28. The van der Waals surface area contributed by atoms with Gasteiger partial charge in [0.1, 0.15) is 11.4 Å². The number of unbranched alkanes of at least 4 members (excludes halogenated alkanes) is 1. The number of nitrogens with one attached hydrogen (secondary N) is 2. The highest BCUT2D eigenvalue weighted by Crippen LogP contribution is 2.25. The van der Waals surface area contributed by atoms with Crippen molar-refractivity contribution in [3.63, 3.8) is 0 Å². The maximum atomic E-state index is 12.3. The van der Waals surface area contributed by atoms with Crippen LogP contribution in [0.2, 0.25) is 0 Å². The first-order valence-electron chi connectivity index (χ1n) is 9.49. The SMILES string of the molecule is Cc1ccc(OCCCCNC(=O)c2cc(-c3c(C)nn(C)c3C)n[nH]2)cc1. The van der Waals surface area contributed by atoms with Crippen molar-refractivity contribution in [3.8, 4) is 17.0 Å². The molecule has 7 nitrogen and oxygen atoms in total. The first-order valence-corrected chi connectivity index (χ1v) is 9.49. The van der Waals surface area contributed by atoms with Crippen molar-refractivity contribution in [2.45, 2.75) is 33.6 Å². The van der Waals surface area contributed by atoms with Crippen molar-refractivity contribution in [1.29, 1.82) is 0 Å². The molecule has 0 aliphatic heterocycles. The third kappa shape index (κ3) is 4.60. The minimum Gasteiger partial charge on any atom is -0.494 e. The molecular weight excluding hydrogens is 354 g/mol. The Bertz CT molecular complexity index is 940. The summed E-state index contributed by atoms with van der Waals surface area (Å²) in [7, 11) is 1.90. The molecule has 7 heteroatoms.